The van der Waals surface area contributed by atoms with Gasteiger partial charge in [0, 0.05) is 6.42 Å². The van der Waals surface area contributed by atoms with Crippen molar-refractivity contribution in [2.45, 2.75) is 18.8 Å². The standard InChI is InChI=1S/C6H9F2N/c7-6(8)3-1-2-4-9-5-6/h2,4,9H,1,3,5H2. The van der Waals surface area contributed by atoms with E-state index < -0.39 is 5.92 Å². The fourth-order valence-electron chi connectivity index (χ4n) is 0.758. The van der Waals surface area contributed by atoms with Gasteiger partial charge in [0.15, 0.2) is 0 Å². The summed E-state index contributed by atoms with van der Waals surface area (Å²) in [4.78, 5) is 0. The Labute approximate surface area is 52.7 Å². The minimum atomic E-state index is -2.51. The molecule has 1 aliphatic rings. The highest BCUT2D eigenvalue weighted by atomic mass is 19.3. The van der Waals surface area contributed by atoms with Crippen LogP contribution in [0, 0.1) is 0 Å². The van der Waals surface area contributed by atoms with Crippen LogP contribution in [0.25, 0.3) is 0 Å². The van der Waals surface area contributed by atoms with Gasteiger partial charge in [0.2, 0.25) is 0 Å². The molecule has 1 N–H and O–H groups in total. The van der Waals surface area contributed by atoms with Crippen LogP contribution in [0.5, 0.6) is 0 Å². The van der Waals surface area contributed by atoms with E-state index in [-0.39, 0.29) is 13.0 Å². The van der Waals surface area contributed by atoms with E-state index in [0.29, 0.717) is 6.42 Å². The van der Waals surface area contributed by atoms with Gasteiger partial charge in [-0.25, -0.2) is 8.78 Å². The fraction of sp³-hybridized carbons (Fsp3) is 0.667. The Bertz CT molecular complexity index is 108. The Hall–Kier alpha value is -0.600. The maximum atomic E-state index is 12.4. The molecule has 9 heavy (non-hydrogen) atoms. The lowest BCUT2D eigenvalue weighted by Gasteiger charge is -2.11. The molecule has 1 nitrogen and oxygen atoms in total. The summed E-state index contributed by atoms with van der Waals surface area (Å²) < 4.78 is 24.7. The first kappa shape index (κ1) is 6.52. The average molecular weight is 133 g/mol. The zero-order valence-electron chi connectivity index (χ0n) is 5.03. The van der Waals surface area contributed by atoms with Gasteiger partial charge in [-0.2, -0.15) is 0 Å². The fourth-order valence-corrected chi connectivity index (χ4v) is 0.758. The molecule has 1 rings (SSSR count). The van der Waals surface area contributed by atoms with E-state index in [4.69, 9.17) is 0 Å². The van der Waals surface area contributed by atoms with Gasteiger partial charge in [0.25, 0.3) is 5.92 Å². The van der Waals surface area contributed by atoms with Crippen molar-refractivity contribution in [1.29, 1.82) is 0 Å². The summed E-state index contributed by atoms with van der Waals surface area (Å²) in [5.74, 6) is -2.51. The molecule has 0 amide bonds. The quantitative estimate of drug-likeness (QED) is 0.528. The Morgan fingerprint density at radius 3 is 3.00 bits per heavy atom. The van der Waals surface area contributed by atoms with Crippen molar-refractivity contribution < 1.29 is 8.78 Å². The molecule has 0 spiro atoms. The van der Waals surface area contributed by atoms with Gasteiger partial charge in [0.05, 0.1) is 6.54 Å². The molecule has 3 heteroatoms. The number of alkyl halides is 2. The molecule has 0 unspecified atom stereocenters. The molecule has 0 saturated carbocycles. The molecule has 0 aromatic rings. The smallest absolute Gasteiger partial charge is 0.265 e. The predicted molar refractivity (Wildman–Crippen MR) is 31.3 cm³/mol. The Morgan fingerprint density at radius 1 is 1.44 bits per heavy atom. The molecule has 0 radical (unpaired) electrons. The second-order valence-electron chi connectivity index (χ2n) is 2.18. The van der Waals surface area contributed by atoms with E-state index in [1.807, 2.05) is 0 Å². The molecule has 0 bridgehead atoms. The van der Waals surface area contributed by atoms with Crippen LogP contribution in [-0.4, -0.2) is 12.5 Å². The highest BCUT2D eigenvalue weighted by Gasteiger charge is 2.27. The minimum Gasteiger partial charge on any atom is -0.385 e. The number of rotatable bonds is 0. The first-order valence-corrected chi connectivity index (χ1v) is 2.97. The first-order valence-electron chi connectivity index (χ1n) is 2.97. The SMILES string of the molecule is FC1(F)CCC=CNC1. The van der Waals surface area contributed by atoms with Crippen LogP contribution in [-0.2, 0) is 0 Å². The second-order valence-corrected chi connectivity index (χ2v) is 2.18. The van der Waals surface area contributed by atoms with Gasteiger partial charge in [-0.05, 0) is 12.6 Å². The molecule has 52 valence electrons. The summed E-state index contributed by atoms with van der Waals surface area (Å²) in [7, 11) is 0. The Morgan fingerprint density at radius 2 is 2.22 bits per heavy atom. The highest BCUT2D eigenvalue weighted by molar-refractivity contribution is 4.88. The van der Waals surface area contributed by atoms with Crippen LogP contribution < -0.4 is 5.32 Å². The van der Waals surface area contributed by atoms with Crippen LogP contribution >= 0.6 is 0 Å². The monoisotopic (exact) mass is 133 g/mol. The largest absolute Gasteiger partial charge is 0.385 e. The summed E-state index contributed by atoms with van der Waals surface area (Å²) in [5, 5.41) is 2.51. The lowest BCUT2D eigenvalue weighted by atomic mass is 10.2. The summed E-state index contributed by atoms with van der Waals surface area (Å²) in [5.41, 5.74) is 0. The highest BCUT2D eigenvalue weighted by Crippen LogP contribution is 2.20. The summed E-state index contributed by atoms with van der Waals surface area (Å²) in [6, 6.07) is 0. The average Bonchev–Trinajstić information content (AvgIpc) is 1.92. The molecule has 0 fully saturated rings. The normalized spacial score (nSPS) is 24.7. The number of hydrogen-bond donors (Lipinski definition) is 1. The molecule has 0 aromatic heterocycles. The van der Waals surface area contributed by atoms with Crippen molar-refractivity contribution in [2.75, 3.05) is 6.54 Å². The van der Waals surface area contributed by atoms with Gasteiger partial charge >= 0.3 is 0 Å². The third-order valence-corrected chi connectivity index (χ3v) is 1.27. The minimum absolute atomic E-state index is 0.0312. The van der Waals surface area contributed by atoms with E-state index in [0.717, 1.165) is 0 Å². The third kappa shape index (κ3) is 2.00. The van der Waals surface area contributed by atoms with Crippen LogP contribution in [0.4, 0.5) is 8.78 Å². The molecule has 1 aliphatic heterocycles. The number of hydrogen-bond acceptors (Lipinski definition) is 1. The summed E-state index contributed by atoms with van der Waals surface area (Å²) >= 11 is 0. The number of halogens is 2. The van der Waals surface area contributed by atoms with Crippen molar-refractivity contribution in [3.05, 3.63) is 12.3 Å². The van der Waals surface area contributed by atoms with Gasteiger partial charge in [-0.1, -0.05) is 6.08 Å². The zero-order chi connectivity index (χ0) is 6.74. The van der Waals surface area contributed by atoms with E-state index >= 15 is 0 Å². The molecular formula is C6H9F2N. The van der Waals surface area contributed by atoms with Gasteiger partial charge in [0.1, 0.15) is 0 Å². The second kappa shape index (κ2) is 2.33. The van der Waals surface area contributed by atoms with Crippen LogP contribution in [0.2, 0.25) is 0 Å². The van der Waals surface area contributed by atoms with Crippen LogP contribution in [0.1, 0.15) is 12.8 Å². The van der Waals surface area contributed by atoms with Gasteiger partial charge < -0.3 is 5.32 Å². The third-order valence-electron chi connectivity index (χ3n) is 1.27. The Kier molecular flexibility index (Phi) is 1.69. The molecule has 0 atom stereocenters. The van der Waals surface area contributed by atoms with Gasteiger partial charge in [-0.3, -0.25) is 0 Å². The topological polar surface area (TPSA) is 12.0 Å². The van der Waals surface area contributed by atoms with Crippen molar-refractivity contribution in [3.63, 3.8) is 0 Å². The lowest BCUT2D eigenvalue weighted by Crippen LogP contribution is -2.27. The maximum absolute atomic E-state index is 12.4. The lowest BCUT2D eigenvalue weighted by molar-refractivity contribution is -0.000485. The Balaban J connectivity index is 2.44. The van der Waals surface area contributed by atoms with Crippen molar-refractivity contribution in [2.24, 2.45) is 0 Å². The van der Waals surface area contributed by atoms with E-state index in [1.165, 1.54) is 0 Å². The number of nitrogens with one attached hydrogen (secondary N) is 1. The molecule has 0 aromatic carbocycles. The first-order chi connectivity index (χ1) is 4.21. The molecular weight excluding hydrogens is 124 g/mol. The summed E-state index contributed by atoms with van der Waals surface area (Å²) in [6.45, 7) is -0.219. The van der Waals surface area contributed by atoms with Crippen molar-refractivity contribution in [1.82, 2.24) is 5.32 Å². The van der Waals surface area contributed by atoms with Crippen molar-refractivity contribution >= 4 is 0 Å². The number of allylic oxidation sites excluding steroid dienone is 1. The van der Waals surface area contributed by atoms with Gasteiger partial charge in [-0.15, -0.1) is 0 Å². The van der Waals surface area contributed by atoms with Crippen LogP contribution in [0.15, 0.2) is 12.3 Å². The van der Waals surface area contributed by atoms with Crippen molar-refractivity contribution in [3.8, 4) is 0 Å². The molecule has 1 heterocycles. The van der Waals surface area contributed by atoms with E-state index in [2.05, 4.69) is 5.32 Å². The molecule has 0 saturated heterocycles. The maximum Gasteiger partial charge on any atom is 0.265 e. The predicted octanol–water partition coefficient (Wildman–Crippen LogP) is 1.52. The molecule has 0 aliphatic carbocycles. The van der Waals surface area contributed by atoms with Crippen LogP contribution in [0.3, 0.4) is 0 Å². The van der Waals surface area contributed by atoms with E-state index in [9.17, 15) is 8.78 Å². The summed E-state index contributed by atoms with van der Waals surface area (Å²) in [6.07, 6.45) is 3.75. The zero-order valence-corrected chi connectivity index (χ0v) is 5.03. The van der Waals surface area contributed by atoms with E-state index in [1.54, 1.807) is 12.3 Å².